The van der Waals surface area contributed by atoms with Crippen LogP contribution >= 0.6 is 0 Å². The third-order valence-corrected chi connectivity index (χ3v) is 11.1. The molecule has 0 aromatic heterocycles. The Morgan fingerprint density at radius 3 is 0.550 bits per heavy atom. The maximum atomic E-state index is 11.7. The van der Waals surface area contributed by atoms with Crippen LogP contribution in [0.3, 0.4) is 0 Å². The molecule has 0 atom stereocenters. The molecule has 0 aromatic rings. The lowest BCUT2D eigenvalue weighted by Gasteiger charge is -2.06. The molecule has 0 aliphatic carbocycles. The highest BCUT2D eigenvalue weighted by atomic mass is 16.5. The van der Waals surface area contributed by atoms with E-state index in [1.807, 2.05) is 0 Å². The maximum Gasteiger partial charge on any atom is 0.305 e. The lowest BCUT2D eigenvalue weighted by Crippen LogP contribution is -2.06. The number of hydrogen-bond donors (Lipinski definition) is 0. The zero-order chi connectivity index (χ0) is 44.3. The van der Waals surface area contributed by atoms with Crippen molar-refractivity contribution in [2.75, 3.05) is 26.4 Å². The number of carbonyl (C=O) groups is 4. The van der Waals surface area contributed by atoms with E-state index in [0.717, 1.165) is 103 Å². The second-order valence-corrected chi connectivity index (χ2v) is 17.2. The Kier molecular flexibility index (Phi) is 53.0. The Morgan fingerprint density at radius 1 is 0.217 bits per heavy atom. The van der Waals surface area contributed by atoms with E-state index < -0.39 is 0 Å². The highest BCUT2D eigenvalue weighted by molar-refractivity contribution is 5.70. The van der Waals surface area contributed by atoms with Gasteiger partial charge in [0.1, 0.15) is 0 Å². The average molecular weight is 853 g/mol. The highest BCUT2D eigenvalue weighted by Crippen LogP contribution is 2.13. The molecule has 356 valence electrons. The third kappa shape index (κ3) is 53.9. The zero-order valence-corrected chi connectivity index (χ0v) is 40.4. The summed E-state index contributed by atoms with van der Waals surface area (Å²) in [7, 11) is 0. The molecular weight excluding hydrogens is 753 g/mol. The summed E-state index contributed by atoms with van der Waals surface area (Å²) >= 11 is 0. The largest absolute Gasteiger partial charge is 0.466 e. The SMILES string of the molecule is CCCCCCCCOC(=O)CCCCCCCCC(=O)OCCCCCCCC.CCCCCCCCOC(=O)CCCCCCCCC(=O)OCCCCCCCC. The molecule has 0 bridgehead atoms. The zero-order valence-electron chi connectivity index (χ0n) is 40.4. The van der Waals surface area contributed by atoms with Crippen molar-refractivity contribution in [1.82, 2.24) is 0 Å². The van der Waals surface area contributed by atoms with Crippen molar-refractivity contribution in [3.8, 4) is 0 Å². The van der Waals surface area contributed by atoms with Crippen molar-refractivity contribution in [1.29, 1.82) is 0 Å². The molecule has 0 saturated heterocycles. The summed E-state index contributed by atoms with van der Waals surface area (Å²) in [5.41, 5.74) is 0. The van der Waals surface area contributed by atoms with E-state index in [4.69, 9.17) is 18.9 Å². The molecule has 8 heteroatoms. The molecule has 60 heavy (non-hydrogen) atoms. The average Bonchev–Trinajstić information content (AvgIpc) is 3.24. The predicted molar refractivity (Wildman–Crippen MR) is 251 cm³/mol. The molecule has 0 rings (SSSR count). The summed E-state index contributed by atoms with van der Waals surface area (Å²) in [5, 5.41) is 0. The van der Waals surface area contributed by atoms with Gasteiger partial charge in [-0.2, -0.15) is 0 Å². The molecule has 0 aliphatic rings. The number of unbranched alkanes of at least 4 members (excludes halogenated alkanes) is 30. The van der Waals surface area contributed by atoms with Gasteiger partial charge in [-0.25, -0.2) is 0 Å². The van der Waals surface area contributed by atoms with Crippen molar-refractivity contribution < 1.29 is 38.1 Å². The fraction of sp³-hybridized carbons (Fsp3) is 0.923. The molecule has 0 N–H and O–H groups in total. The Labute approximate surface area is 371 Å². The van der Waals surface area contributed by atoms with Gasteiger partial charge in [0, 0.05) is 25.7 Å². The van der Waals surface area contributed by atoms with Crippen LogP contribution in [0.1, 0.15) is 285 Å². The summed E-state index contributed by atoms with van der Waals surface area (Å²) in [6.45, 7) is 11.2. The summed E-state index contributed by atoms with van der Waals surface area (Å²) in [4.78, 5) is 46.8. The van der Waals surface area contributed by atoms with Gasteiger partial charge in [0.15, 0.2) is 0 Å². The van der Waals surface area contributed by atoms with E-state index in [2.05, 4.69) is 27.7 Å². The number of hydrogen-bond acceptors (Lipinski definition) is 8. The maximum absolute atomic E-state index is 11.7. The van der Waals surface area contributed by atoms with Gasteiger partial charge in [-0.1, -0.05) is 207 Å². The number of ether oxygens (including phenoxy) is 4. The predicted octanol–water partition coefficient (Wildman–Crippen LogP) is 15.8. The van der Waals surface area contributed by atoms with Crippen LogP contribution in [0.4, 0.5) is 0 Å². The minimum absolute atomic E-state index is 0.0448. The van der Waals surface area contributed by atoms with Crippen LogP contribution < -0.4 is 0 Å². The molecule has 0 spiro atoms. The summed E-state index contributed by atoms with van der Waals surface area (Å²) in [5.74, 6) is -0.179. The van der Waals surface area contributed by atoms with E-state index in [-0.39, 0.29) is 23.9 Å². The molecule has 8 nitrogen and oxygen atoms in total. The van der Waals surface area contributed by atoms with Gasteiger partial charge in [0.05, 0.1) is 26.4 Å². The Hall–Kier alpha value is -2.12. The molecule has 0 fully saturated rings. The Bertz CT molecular complexity index is 762. The Balaban J connectivity index is 0. The molecule has 0 radical (unpaired) electrons. The van der Waals surface area contributed by atoms with E-state index in [9.17, 15) is 19.2 Å². The summed E-state index contributed by atoms with van der Waals surface area (Å²) in [6.07, 6.45) is 43.7. The summed E-state index contributed by atoms with van der Waals surface area (Å²) in [6, 6.07) is 0. The van der Waals surface area contributed by atoms with Crippen LogP contribution in [0.15, 0.2) is 0 Å². The minimum Gasteiger partial charge on any atom is -0.466 e. The lowest BCUT2D eigenvalue weighted by molar-refractivity contribution is -0.144. The first-order chi connectivity index (χ1) is 29.4. The molecule has 0 aromatic carbocycles. The van der Waals surface area contributed by atoms with Crippen molar-refractivity contribution in [3.05, 3.63) is 0 Å². The topological polar surface area (TPSA) is 105 Å². The van der Waals surface area contributed by atoms with Gasteiger partial charge < -0.3 is 18.9 Å². The standard InChI is InChI=1S/2C26H50O4/c2*1-3-5-7-9-15-19-23-29-25(27)21-17-13-11-12-14-18-22-26(28)30-24-20-16-10-8-6-4-2/h2*3-24H2,1-2H3. The highest BCUT2D eigenvalue weighted by Gasteiger charge is 2.06. The molecule has 0 saturated carbocycles. The molecule has 0 aliphatic heterocycles. The van der Waals surface area contributed by atoms with Crippen molar-refractivity contribution in [2.45, 2.75) is 285 Å². The second-order valence-electron chi connectivity index (χ2n) is 17.2. The van der Waals surface area contributed by atoms with Crippen molar-refractivity contribution >= 4 is 23.9 Å². The molecule has 0 unspecified atom stereocenters. The number of carbonyl (C=O) groups excluding carboxylic acids is 4. The van der Waals surface area contributed by atoms with E-state index in [1.54, 1.807) is 0 Å². The monoisotopic (exact) mass is 853 g/mol. The van der Waals surface area contributed by atoms with Crippen LogP contribution in [-0.4, -0.2) is 50.3 Å². The van der Waals surface area contributed by atoms with Crippen LogP contribution in [0, 0.1) is 0 Å². The van der Waals surface area contributed by atoms with Gasteiger partial charge in [0.2, 0.25) is 0 Å². The minimum atomic E-state index is -0.0448. The first kappa shape index (κ1) is 60.0. The van der Waals surface area contributed by atoms with Gasteiger partial charge in [-0.05, 0) is 51.4 Å². The molecule has 0 heterocycles. The normalized spacial score (nSPS) is 10.9. The van der Waals surface area contributed by atoms with Gasteiger partial charge >= 0.3 is 23.9 Å². The first-order valence-electron chi connectivity index (χ1n) is 26.0. The number of rotatable bonds is 46. The first-order valence-corrected chi connectivity index (χ1v) is 26.0. The van der Waals surface area contributed by atoms with Gasteiger partial charge in [-0.3, -0.25) is 19.2 Å². The quantitative estimate of drug-likeness (QED) is 0.0339. The lowest BCUT2D eigenvalue weighted by atomic mass is 10.1. The Morgan fingerprint density at radius 2 is 0.367 bits per heavy atom. The summed E-state index contributed by atoms with van der Waals surface area (Å²) < 4.78 is 21.2. The van der Waals surface area contributed by atoms with Crippen LogP contribution in [-0.2, 0) is 38.1 Å². The molecular formula is C52H100O8. The van der Waals surface area contributed by atoms with E-state index >= 15 is 0 Å². The molecule has 0 amide bonds. The van der Waals surface area contributed by atoms with Crippen LogP contribution in [0.25, 0.3) is 0 Å². The van der Waals surface area contributed by atoms with Crippen LogP contribution in [0.5, 0.6) is 0 Å². The number of esters is 4. The fourth-order valence-electron chi connectivity index (χ4n) is 7.05. The smallest absolute Gasteiger partial charge is 0.305 e. The van der Waals surface area contributed by atoms with Gasteiger partial charge in [0.25, 0.3) is 0 Å². The third-order valence-electron chi connectivity index (χ3n) is 11.1. The van der Waals surface area contributed by atoms with Gasteiger partial charge in [-0.15, -0.1) is 0 Å². The van der Waals surface area contributed by atoms with Crippen LogP contribution in [0.2, 0.25) is 0 Å². The fourth-order valence-corrected chi connectivity index (χ4v) is 7.05. The van der Waals surface area contributed by atoms with E-state index in [1.165, 1.54) is 128 Å². The van der Waals surface area contributed by atoms with Crippen molar-refractivity contribution in [3.63, 3.8) is 0 Å². The second kappa shape index (κ2) is 53.0. The van der Waals surface area contributed by atoms with Crippen molar-refractivity contribution in [2.24, 2.45) is 0 Å². The van der Waals surface area contributed by atoms with E-state index in [0.29, 0.717) is 52.1 Å².